The van der Waals surface area contributed by atoms with Crippen LogP contribution in [0.1, 0.15) is 73.2 Å². The van der Waals surface area contributed by atoms with E-state index in [1.54, 1.807) is 0 Å². The molecule has 0 aromatic heterocycles. The van der Waals surface area contributed by atoms with Crippen molar-refractivity contribution in [3.05, 3.63) is 82.4 Å². The van der Waals surface area contributed by atoms with E-state index in [2.05, 4.69) is 0 Å². The lowest BCUT2D eigenvalue weighted by Crippen LogP contribution is -2.30. The number of phenolic OH excluding ortho intramolecular Hbond substituents is 2. The number of benzene rings is 3. The van der Waals surface area contributed by atoms with Crippen LogP contribution in [0.25, 0.3) is 11.1 Å². The molecule has 0 heterocycles. The fraction of sp³-hybridized carbons (Fsp3) is 0.387. The van der Waals surface area contributed by atoms with Crippen LogP contribution in [-0.2, 0) is 4.74 Å². The first-order valence-electron chi connectivity index (χ1n) is 13.6. The number of carbonyl (C=O) groups excluding carboxylic acids is 1. The smallest absolute Gasteiger partial charge is 0.341 e. The summed E-state index contributed by atoms with van der Waals surface area (Å²) in [5.41, 5.74) is -1.59. The molecule has 4 nitrogen and oxygen atoms in total. The van der Waals surface area contributed by atoms with Crippen LogP contribution >= 0.6 is 0 Å². The lowest BCUT2D eigenvalue weighted by Gasteiger charge is -2.37. The maximum absolute atomic E-state index is 14.8. The van der Waals surface area contributed by atoms with Crippen LogP contribution in [-0.4, -0.2) is 22.3 Å². The Hall–Kier alpha value is -3.69. The standard InChI is InChI=1S/C31H28F6O4/c32-25-19(11-13-23(38)29(25)36)17-3-1-15(2-4-17)16-5-7-18(8-6-16)41-31(40)22-10-9-20(26(33)28(22)35)21-12-14-24(39)30(37)27(21)34/h9-18,38-39H,1-8H2. The maximum Gasteiger partial charge on any atom is 0.341 e. The zero-order chi connectivity index (χ0) is 29.4. The number of aromatic hydroxyl groups is 2. The summed E-state index contributed by atoms with van der Waals surface area (Å²) in [4.78, 5) is 12.7. The predicted molar refractivity (Wildman–Crippen MR) is 137 cm³/mol. The van der Waals surface area contributed by atoms with E-state index in [1.165, 1.54) is 12.1 Å². The Morgan fingerprint density at radius 1 is 0.585 bits per heavy atom. The second-order valence-electron chi connectivity index (χ2n) is 10.9. The molecule has 2 N–H and O–H groups in total. The van der Waals surface area contributed by atoms with Crippen molar-refractivity contribution < 1.29 is 46.1 Å². The molecule has 0 radical (unpaired) electrons. The monoisotopic (exact) mass is 578 g/mol. The summed E-state index contributed by atoms with van der Waals surface area (Å²) in [6.45, 7) is 0. The lowest BCUT2D eigenvalue weighted by atomic mass is 9.69. The molecule has 2 aliphatic carbocycles. The molecule has 0 unspecified atom stereocenters. The van der Waals surface area contributed by atoms with Gasteiger partial charge in [-0.15, -0.1) is 0 Å². The highest BCUT2D eigenvalue weighted by molar-refractivity contribution is 5.90. The van der Waals surface area contributed by atoms with E-state index < -0.39 is 75.2 Å². The molecule has 3 aromatic rings. The number of hydrogen-bond acceptors (Lipinski definition) is 4. The van der Waals surface area contributed by atoms with Crippen LogP contribution in [0.15, 0.2) is 36.4 Å². The van der Waals surface area contributed by atoms with Gasteiger partial charge >= 0.3 is 5.97 Å². The number of phenols is 2. The van der Waals surface area contributed by atoms with Crippen LogP contribution in [0, 0.1) is 46.7 Å². The number of halogens is 6. The summed E-state index contributed by atoms with van der Waals surface area (Å²) in [6.07, 6.45) is 5.17. The van der Waals surface area contributed by atoms with E-state index in [1.807, 2.05) is 0 Å². The number of carbonyl (C=O) groups is 1. The zero-order valence-electron chi connectivity index (χ0n) is 21.9. The zero-order valence-corrected chi connectivity index (χ0v) is 21.9. The molecule has 2 aliphatic rings. The summed E-state index contributed by atoms with van der Waals surface area (Å²) in [5.74, 6) is -10.6. The van der Waals surface area contributed by atoms with Crippen LogP contribution in [0.2, 0.25) is 0 Å². The van der Waals surface area contributed by atoms with Crippen molar-refractivity contribution in [2.75, 3.05) is 0 Å². The van der Waals surface area contributed by atoms with Gasteiger partial charge in [0, 0.05) is 11.1 Å². The SMILES string of the molecule is O=C(OC1CCC(C2CCC(c3ccc(O)c(F)c3F)CC2)CC1)c1ccc(-c2ccc(O)c(F)c2F)c(F)c1F. The van der Waals surface area contributed by atoms with Gasteiger partial charge in [-0.05, 0) is 98.9 Å². The van der Waals surface area contributed by atoms with E-state index in [0.717, 1.165) is 49.9 Å². The molecule has 2 saturated carbocycles. The van der Waals surface area contributed by atoms with Crippen LogP contribution in [0.4, 0.5) is 26.3 Å². The van der Waals surface area contributed by atoms with Gasteiger partial charge in [-0.25, -0.2) is 22.4 Å². The average molecular weight is 579 g/mol. The minimum absolute atomic E-state index is 0.120. The van der Waals surface area contributed by atoms with E-state index in [4.69, 9.17) is 4.74 Å². The largest absolute Gasteiger partial charge is 0.505 e. The fourth-order valence-electron chi connectivity index (χ4n) is 6.33. The second kappa shape index (κ2) is 11.7. The molecule has 0 saturated heterocycles. The van der Waals surface area contributed by atoms with Crippen molar-refractivity contribution in [2.24, 2.45) is 11.8 Å². The third-order valence-corrected chi connectivity index (χ3v) is 8.62. The van der Waals surface area contributed by atoms with Gasteiger partial charge in [0.15, 0.2) is 34.8 Å². The lowest BCUT2D eigenvalue weighted by molar-refractivity contribution is 0.0109. The fourth-order valence-corrected chi connectivity index (χ4v) is 6.33. The first kappa shape index (κ1) is 28.8. The number of hydrogen-bond donors (Lipinski definition) is 2. The maximum atomic E-state index is 14.8. The van der Waals surface area contributed by atoms with Gasteiger partial charge in [-0.2, -0.15) is 8.78 Å². The van der Waals surface area contributed by atoms with E-state index >= 15 is 0 Å². The highest BCUT2D eigenvalue weighted by atomic mass is 19.2. The molecular formula is C31H28F6O4. The van der Waals surface area contributed by atoms with Gasteiger partial charge in [0.25, 0.3) is 0 Å². The Labute approximate surface area is 232 Å². The molecule has 10 heteroatoms. The van der Waals surface area contributed by atoms with Gasteiger partial charge in [0.2, 0.25) is 11.6 Å². The van der Waals surface area contributed by atoms with Crippen molar-refractivity contribution in [1.29, 1.82) is 0 Å². The van der Waals surface area contributed by atoms with E-state index in [0.29, 0.717) is 37.5 Å². The Morgan fingerprint density at radius 3 is 1.68 bits per heavy atom. The van der Waals surface area contributed by atoms with Crippen LogP contribution < -0.4 is 0 Å². The van der Waals surface area contributed by atoms with Gasteiger partial charge in [0.05, 0.1) is 5.56 Å². The molecule has 5 rings (SSSR count). The Balaban J connectivity index is 1.16. The third-order valence-electron chi connectivity index (χ3n) is 8.62. The first-order chi connectivity index (χ1) is 19.6. The molecule has 41 heavy (non-hydrogen) atoms. The molecule has 0 aliphatic heterocycles. The van der Waals surface area contributed by atoms with Crippen molar-refractivity contribution in [3.8, 4) is 22.6 Å². The summed E-state index contributed by atoms with van der Waals surface area (Å²) >= 11 is 0. The average Bonchev–Trinajstić information content (AvgIpc) is 2.97. The quantitative estimate of drug-likeness (QED) is 0.236. The number of esters is 1. The van der Waals surface area contributed by atoms with Gasteiger partial charge < -0.3 is 14.9 Å². The predicted octanol–water partition coefficient (Wildman–Crippen LogP) is 8.29. The van der Waals surface area contributed by atoms with Crippen LogP contribution in [0.5, 0.6) is 11.5 Å². The normalized spacial score (nSPS) is 22.9. The Bertz CT molecular complexity index is 1460. The summed E-state index contributed by atoms with van der Waals surface area (Å²) in [6, 6.07) is 6.23. The highest BCUT2D eigenvalue weighted by Gasteiger charge is 2.34. The molecule has 3 aromatic carbocycles. The van der Waals surface area contributed by atoms with E-state index in [9.17, 15) is 41.4 Å². The van der Waals surface area contributed by atoms with Crippen LogP contribution in [0.3, 0.4) is 0 Å². The van der Waals surface area contributed by atoms with Gasteiger partial charge in [0.1, 0.15) is 6.10 Å². The molecular weight excluding hydrogens is 550 g/mol. The Kier molecular flexibility index (Phi) is 8.20. The second-order valence-corrected chi connectivity index (χ2v) is 10.9. The topological polar surface area (TPSA) is 66.8 Å². The van der Waals surface area contributed by atoms with Gasteiger partial charge in [-0.3, -0.25) is 0 Å². The highest BCUT2D eigenvalue weighted by Crippen LogP contribution is 2.44. The molecule has 0 atom stereocenters. The van der Waals surface area contributed by atoms with Crippen molar-refractivity contribution in [2.45, 2.75) is 63.4 Å². The minimum atomic E-state index is -1.60. The molecule has 2 fully saturated rings. The van der Waals surface area contributed by atoms with Crippen molar-refractivity contribution in [1.82, 2.24) is 0 Å². The Morgan fingerprint density at radius 2 is 1.07 bits per heavy atom. The number of ether oxygens (including phenoxy) is 1. The van der Waals surface area contributed by atoms with Crippen molar-refractivity contribution in [3.63, 3.8) is 0 Å². The summed E-state index contributed by atoms with van der Waals surface area (Å²) in [7, 11) is 0. The number of rotatable bonds is 5. The molecule has 218 valence electrons. The first-order valence-corrected chi connectivity index (χ1v) is 13.6. The third kappa shape index (κ3) is 5.61. The molecule has 0 spiro atoms. The minimum Gasteiger partial charge on any atom is -0.505 e. The summed E-state index contributed by atoms with van der Waals surface area (Å²) < 4.78 is 91.0. The molecule has 0 bridgehead atoms. The van der Waals surface area contributed by atoms with Gasteiger partial charge in [-0.1, -0.05) is 12.1 Å². The van der Waals surface area contributed by atoms with E-state index in [-0.39, 0.29) is 11.5 Å². The molecule has 0 amide bonds. The van der Waals surface area contributed by atoms with Crippen molar-refractivity contribution >= 4 is 5.97 Å². The summed E-state index contributed by atoms with van der Waals surface area (Å²) in [5, 5.41) is 18.6.